The number of ether oxygens (including phenoxy) is 6. The summed E-state index contributed by atoms with van der Waals surface area (Å²) in [7, 11) is -30.0. The molecule has 0 aliphatic carbocycles. The van der Waals surface area contributed by atoms with Gasteiger partial charge in [-0.1, -0.05) is 0 Å². The van der Waals surface area contributed by atoms with Crippen LogP contribution in [-0.2, 0) is 110 Å². The van der Waals surface area contributed by atoms with E-state index in [2.05, 4.69) is 74.8 Å². The number of phosphoric acid groups is 6. The predicted octanol–water partition coefficient (Wildman–Crippen LogP) is -2.17. The molecule has 21 heterocycles. The number of nitrogens with one attached hydrogen (secondary N) is 3. The van der Waals surface area contributed by atoms with E-state index in [9.17, 15) is 86.5 Å². The average Bonchev–Trinajstić information content (AvgIpc) is 1.61. The highest BCUT2D eigenvalue weighted by atomic mass is 31.2. The van der Waals surface area contributed by atoms with Gasteiger partial charge >= 0.3 is 46.9 Å². The zero-order valence-corrected chi connectivity index (χ0v) is 72.3. The number of alkyl halides is 1. The topological polar surface area (TPSA) is 890 Å². The summed E-state index contributed by atoms with van der Waals surface area (Å²) < 4.78 is 200. The standard InChI is InChI=1S/C21H24FN9O12P2.2C21H25N9O12P2/c22-10-14-9(41-19(10)30-5-26-11-7(23)1-2-25-16(11)30)4-39-45(36,37)43-15-13(32)8(3-38-44(34,35)42-14)40-20(15)31-6-27-12-17(31)28-21(24)29-18(12)33;2*22-8-1-2-24-17-13(8)25-6-29(17)12-3-9-10(39-12)4-37-44(35,36)42-16-15(31)11(5-38-43(33,34)41-9)40-20(16)30-7-26-14-18(30)27-21(23)28-19(14)32/h1-2,5-6,8-10,13-15,19-20,32H,3-4H2,(H2,23,25)(H,34,35)(H,36,37)(H3,24,28,29,33);2*1-2,6-7,9-12,15-16,20,31H,3-5H2,(H2,22,24)(H,33,34)(H,35,36)(H3,23,27,28,32)/t8-,9-,10?,13+,14+,15?,19-,20-;9-,10+,11+,12+,15+,16+,20+;9-,10-,11-,12-,15+,16?,20-/m101/s1. The maximum Gasteiger partial charge on any atom is 0.472 e. The summed E-state index contributed by atoms with van der Waals surface area (Å²) in [4.78, 5) is 157. The number of rotatable bonds is 6. The van der Waals surface area contributed by atoms with Gasteiger partial charge in [0.25, 0.3) is 16.7 Å². The zero-order valence-electron chi connectivity index (χ0n) is 66.9. The molecule has 21 rings (SSSR count). The number of pyridine rings is 3. The van der Waals surface area contributed by atoms with Crippen LogP contribution < -0.4 is 51.1 Å². The summed E-state index contributed by atoms with van der Waals surface area (Å²) in [5.74, 6) is -0.811. The Morgan fingerprint density at radius 3 is 0.917 bits per heavy atom. The second-order valence-electron chi connectivity index (χ2n) is 30.6. The fraction of sp³-hybridized carbons (Fsp3) is 0.476. The molecule has 9 unspecified atom stereocenters. The van der Waals surface area contributed by atoms with Crippen LogP contribution in [0.25, 0.3) is 67.0 Å². The van der Waals surface area contributed by atoms with E-state index in [1.165, 1.54) is 57.3 Å². The van der Waals surface area contributed by atoms with Crippen LogP contribution in [0.4, 0.5) is 39.3 Å². The van der Waals surface area contributed by atoms with E-state index in [-0.39, 0.29) is 81.0 Å². The van der Waals surface area contributed by atoms with Gasteiger partial charge in [-0.15, -0.1) is 0 Å². The van der Waals surface area contributed by atoms with Crippen LogP contribution in [0.15, 0.2) is 89.1 Å². The van der Waals surface area contributed by atoms with Gasteiger partial charge in [0.1, 0.15) is 121 Å². The van der Waals surface area contributed by atoms with Crippen LogP contribution in [0.2, 0.25) is 0 Å². The SMILES string of the molecule is Nc1nc2c(ncn2[C@@H]2O[C@@H]3COP(=O)(O)O[C@@H]4C(F)[C@H](n5cnc6c(N)ccnc65)O[C@@H]4COP(=O)(O)OC2[C@H]3O)c(=O)[nH]1.Nc1nc2c(ncn2[C@@H]2O[C@@H]3COP(=O)(O)O[C@@H]4C[C@H](n5cnc6c(N)ccnc65)O[C@@H]4COP(=O)(O)OC2[C@H]3O)c(=O)[nH]1.Nc1nc2c(ncn2[C@@H]2O[C@@H]3COP(=O)(O)O[C@H]4C[C@H](n5cnc6c(N)ccnc65)O[C@@H]4COP(=O)(O)O[C@@H]2[C@@H]3O)c(=O)[nH]1. The van der Waals surface area contributed by atoms with Crippen molar-refractivity contribution in [3.63, 3.8) is 0 Å². The second kappa shape index (κ2) is 34.9. The number of hydrogen-bond acceptors (Lipinski definition) is 48. The number of aliphatic hydroxyl groups is 3. The van der Waals surface area contributed by atoms with Crippen molar-refractivity contribution in [1.29, 1.82) is 0 Å². The number of aliphatic hydroxyl groups excluding tert-OH is 3. The van der Waals surface area contributed by atoms with E-state index < -0.39 is 238 Å². The predicted molar refractivity (Wildman–Crippen MR) is 433 cm³/mol. The van der Waals surface area contributed by atoms with Gasteiger partial charge in [-0.25, -0.2) is 76.6 Å². The average molecular weight is 1990 g/mol. The van der Waals surface area contributed by atoms with Crippen LogP contribution in [0.1, 0.15) is 50.2 Å². The molecule has 6 bridgehead atoms. The van der Waals surface area contributed by atoms with Crippen LogP contribution >= 0.6 is 46.9 Å². The van der Waals surface area contributed by atoms with Gasteiger partial charge in [0.2, 0.25) is 17.8 Å². The number of aromatic nitrogens is 21. The maximum atomic E-state index is 15.9. The monoisotopic (exact) mass is 1990 g/mol. The molecule has 0 radical (unpaired) electrons. The van der Waals surface area contributed by atoms with Gasteiger partial charge in [-0.05, 0) is 18.2 Å². The molecular weight excluding hydrogens is 1920 g/mol. The molecule has 9 saturated heterocycles. The van der Waals surface area contributed by atoms with E-state index in [0.29, 0.717) is 33.7 Å². The van der Waals surface area contributed by atoms with Crippen molar-refractivity contribution in [1.82, 2.24) is 102 Å². The molecule has 9 aliphatic heterocycles. The summed E-state index contributed by atoms with van der Waals surface area (Å²) >= 11 is 0. The summed E-state index contributed by atoms with van der Waals surface area (Å²) in [5.41, 5.74) is 34.8. The third-order valence-corrected chi connectivity index (χ3v) is 28.0. The molecular formula is C63H74FN27O36P6. The molecule has 0 spiro atoms. The third-order valence-electron chi connectivity index (χ3n) is 22.1. The van der Waals surface area contributed by atoms with Crippen molar-refractivity contribution in [3.05, 3.63) is 106 Å². The fourth-order valence-corrected chi connectivity index (χ4v) is 21.7. The lowest BCUT2D eigenvalue weighted by atomic mass is 10.1. The smallest absolute Gasteiger partial charge is 0.397 e. The molecule has 28 atom stereocenters. The Morgan fingerprint density at radius 1 is 0.323 bits per heavy atom. The molecule has 0 aromatic carbocycles. The lowest BCUT2D eigenvalue weighted by Crippen LogP contribution is -2.35. The minimum Gasteiger partial charge on any atom is -0.397 e. The number of halogens is 1. The highest BCUT2D eigenvalue weighted by Gasteiger charge is 2.58. The first-order chi connectivity index (χ1) is 63.1. The summed E-state index contributed by atoms with van der Waals surface area (Å²) in [5, 5.41) is 33.0. The van der Waals surface area contributed by atoms with Crippen LogP contribution in [0.3, 0.4) is 0 Å². The Bertz CT molecular complexity index is 6760. The molecule has 0 amide bonds. The van der Waals surface area contributed by atoms with Gasteiger partial charge in [-0.2, -0.15) is 15.0 Å². The molecule has 12 aromatic rings. The maximum absolute atomic E-state index is 15.9. The number of fused-ring (bicyclic) bond motifs is 15. The highest BCUT2D eigenvalue weighted by molar-refractivity contribution is 7.48. The van der Waals surface area contributed by atoms with Gasteiger partial charge in [0.05, 0.1) is 94.7 Å². The largest absolute Gasteiger partial charge is 0.472 e. The quantitative estimate of drug-likeness (QED) is 0.0788. The third kappa shape index (κ3) is 18.0. The number of H-pyrrole nitrogens is 3. The molecule has 12 aromatic heterocycles. The highest BCUT2D eigenvalue weighted by Crippen LogP contribution is 2.59. The zero-order chi connectivity index (χ0) is 93.8. The molecule has 133 heavy (non-hydrogen) atoms. The molecule has 70 heteroatoms. The second-order valence-corrected chi connectivity index (χ2v) is 39.0. The Hall–Kier alpha value is -10.1. The molecule has 0 saturated carbocycles. The molecule has 24 N–H and O–H groups in total. The first-order valence-electron chi connectivity index (χ1n) is 39.0. The Morgan fingerprint density at radius 2 is 0.586 bits per heavy atom. The number of hydrogen-bond donors (Lipinski definition) is 18. The van der Waals surface area contributed by atoms with Crippen molar-refractivity contribution >= 4 is 149 Å². The Balaban J connectivity index is 0.000000129. The van der Waals surface area contributed by atoms with Crippen LogP contribution in [-0.4, -0.2) is 284 Å². The van der Waals surface area contributed by atoms with Crippen molar-refractivity contribution < 1.29 is 159 Å². The first kappa shape index (κ1) is 92.0. The molecule has 63 nitrogen and oxygen atoms in total. The minimum absolute atomic E-state index is 0.0450. The summed E-state index contributed by atoms with van der Waals surface area (Å²) in [6.07, 6.45) is -21.1. The number of imidazole rings is 6. The lowest BCUT2D eigenvalue weighted by molar-refractivity contribution is -0.0671. The van der Waals surface area contributed by atoms with Crippen LogP contribution in [0, 0.1) is 0 Å². The number of aromatic amines is 3. The van der Waals surface area contributed by atoms with Gasteiger partial charge in [0.15, 0.2) is 81.5 Å². The van der Waals surface area contributed by atoms with E-state index >= 15 is 4.39 Å². The lowest BCUT2D eigenvalue weighted by Gasteiger charge is -2.25. The Labute approximate surface area is 735 Å². The van der Waals surface area contributed by atoms with E-state index in [1.54, 1.807) is 12.1 Å². The normalized spacial score (nSPS) is 36.9. The molecule has 714 valence electrons. The van der Waals surface area contributed by atoms with Gasteiger partial charge in [-0.3, -0.25) is 111 Å². The van der Waals surface area contributed by atoms with Crippen molar-refractivity contribution in [2.24, 2.45) is 0 Å². The van der Waals surface area contributed by atoms with Crippen LogP contribution in [0.5, 0.6) is 0 Å². The van der Waals surface area contributed by atoms with Crippen molar-refractivity contribution in [2.45, 2.75) is 148 Å². The molecule has 9 fully saturated rings. The number of nitrogen functional groups attached to an aromatic ring is 6. The number of anilines is 6. The van der Waals surface area contributed by atoms with Gasteiger partial charge in [0, 0.05) is 31.4 Å². The van der Waals surface area contributed by atoms with E-state index in [4.69, 9.17) is 117 Å². The number of phosphoric ester groups is 6. The first-order valence-corrected chi connectivity index (χ1v) is 48.0. The minimum atomic E-state index is -5.15. The van der Waals surface area contributed by atoms with E-state index in [1.807, 2.05) is 0 Å². The number of nitrogens with two attached hydrogens (primary N) is 6. The Kier molecular flexibility index (Phi) is 24.2. The van der Waals surface area contributed by atoms with E-state index in [0.717, 1.165) is 32.7 Å². The summed E-state index contributed by atoms with van der Waals surface area (Å²) in [6, 6.07) is 4.62. The van der Waals surface area contributed by atoms with Crippen molar-refractivity contribution in [2.75, 3.05) is 74.0 Å². The summed E-state index contributed by atoms with van der Waals surface area (Å²) in [6.45, 7) is -4.51. The number of nitrogens with zero attached hydrogens (tertiary/aromatic N) is 18. The van der Waals surface area contributed by atoms with Gasteiger partial charge < -0.3 is 108 Å². The molecule has 9 aliphatic rings. The van der Waals surface area contributed by atoms with Crippen molar-refractivity contribution in [3.8, 4) is 0 Å². The fourth-order valence-electron chi connectivity index (χ4n) is 16.0.